The van der Waals surface area contributed by atoms with Crippen molar-refractivity contribution in [2.45, 2.75) is 64.0 Å². The lowest BCUT2D eigenvalue weighted by atomic mass is 9.88. The Labute approximate surface area is 116 Å². The van der Waals surface area contributed by atoms with E-state index in [-0.39, 0.29) is 5.97 Å². The van der Waals surface area contributed by atoms with E-state index in [9.17, 15) is 4.79 Å². The first kappa shape index (κ1) is 14.4. The minimum atomic E-state index is -0.666. The highest BCUT2D eigenvalue weighted by Gasteiger charge is 2.45. The van der Waals surface area contributed by atoms with E-state index in [1.165, 1.54) is 39.2 Å². The Hall–Kier alpha value is -1.06. The number of rotatable bonds is 4. The summed E-state index contributed by atoms with van der Waals surface area (Å²) in [6.07, 6.45) is 9.05. The molecule has 1 unspecified atom stereocenters. The van der Waals surface area contributed by atoms with Crippen LogP contribution in [0.15, 0.2) is 4.99 Å². The summed E-state index contributed by atoms with van der Waals surface area (Å²) in [5.74, 6) is 0.248. The Bertz CT molecular complexity index is 348. The molecule has 0 aromatic heterocycles. The minimum absolute atomic E-state index is 0.184. The standard InChI is InChI=1S/C15H26N2O2/c1-12(2)9-15(14(18)19-3)10-17(11-16-15)13-7-5-4-6-8-13/h11-13H,4-10H2,1-3H3. The molecule has 108 valence electrons. The molecule has 0 radical (unpaired) electrons. The van der Waals surface area contributed by atoms with Crippen molar-refractivity contribution in [2.24, 2.45) is 10.9 Å². The third kappa shape index (κ3) is 3.10. The van der Waals surface area contributed by atoms with Gasteiger partial charge in [-0.2, -0.15) is 0 Å². The first-order chi connectivity index (χ1) is 9.07. The van der Waals surface area contributed by atoms with Crippen LogP contribution in [-0.4, -0.2) is 42.4 Å². The summed E-state index contributed by atoms with van der Waals surface area (Å²) in [7, 11) is 1.46. The third-order valence-corrected chi connectivity index (χ3v) is 4.25. The van der Waals surface area contributed by atoms with Crippen LogP contribution in [0.25, 0.3) is 0 Å². The molecule has 1 aliphatic heterocycles. The highest BCUT2D eigenvalue weighted by atomic mass is 16.5. The van der Waals surface area contributed by atoms with Crippen LogP contribution >= 0.6 is 0 Å². The summed E-state index contributed by atoms with van der Waals surface area (Å²) in [5, 5.41) is 0. The Kier molecular flexibility index (Phi) is 4.48. The van der Waals surface area contributed by atoms with Gasteiger partial charge < -0.3 is 9.64 Å². The van der Waals surface area contributed by atoms with Gasteiger partial charge in [0.2, 0.25) is 0 Å². The second-order valence-corrected chi connectivity index (χ2v) is 6.33. The van der Waals surface area contributed by atoms with Gasteiger partial charge in [-0.1, -0.05) is 33.1 Å². The molecule has 0 bridgehead atoms. The quantitative estimate of drug-likeness (QED) is 0.735. The average molecular weight is 266 g/mol. The zero-order chi connectivity index (χ0) is 13.9. The van der Waals surface area contributed by atoms with Crippen LogP contribution in [0.5, 0.6) is 0 Å². The molecule has 0 spiro atoms. The molecule has 4 heteroatoms. The highest BCUT2D eigenvalue weighted by molar-refractivity contribution is 5.85. The van der Waals surface area contributed by atoms with Crippen molar-refractivity contribution in [1.29, 1.82) is 0 Å². The number of hydrogen-bond donors (Lipinski definition) is 0. The van der Waals surface area contributed by atoms with Gasteiger partial charge in [-0.15, -0.1) is 0 Å². The Morgan fingerprint density at radius 3 is 2.68 bits per heavy atom. The highest BCUT2D eigenvalue weighted by Crippen LogP contribution is 2.32. The van der Waals surface area contributed by atoms with Crippen molar-refractivity contribution in [2.75, 3.05) is 13.7 Å². The van der Waals surface area contributed by atoms with Gasteiger partial charge in [0.05, 0.1) is 20.0 Å². The summed E-state index contributed by atoms with van der Waals surface area (Å²) in [5.41, 5.74) is -0.666. The third-order valence-electron chi connectivity index (χ3n) is 4.25. The maximum Gasteiger partial charge on any atom is 0.335 e. The van der Waals surface area contributed by atoms with Gasteiger partial charge in [-0.25, -0.2) is 4.79 Å². The van der Waals surface area contributed by atoms with Gasteiger partial charge in [0, 0.05) is 6.04 Å². The summed E-state index contributed by atoms with van der Waals surface area (Å²) in [4.78, 5) is 19.0. The summed E-state index contributed by atoms with van der Waals surface area (Å²) in [6, 6.07) is 0.566. The van der Waals surface area contributed by atoms with E-state index in [0.717, 1.165) is 6.42 Å². The molecule has 1 fully saturated rings. The predicted octanol–water partition coefficient (Wildman–Crippen LogP) is 2.62. The van der Waals surface area contributed by atoms with E-state index >= 15 is 0 Å². The van der Waals surface area contributed by atoms with Crippen LogP contribution in [0.2, 0.25) is 0 Å². The molecule has 1 atom stereocenters. The van der Waals surface area contributed by atoms with E-state index in [1.807, 2.05) is 6.34 Å². The summed E-state index contributed by atoms with van der Waals surface area (Å²) >= 11 is 0. The fourth-order valence-corrected chi connectivity index (χ4v) is 3.39. The number of hydrogen-bond acceptors (Lipinski definition) is 4. The zero-order valence-electron chi connectivity index (χ0n) is 12.4. The molecule has 4 nitrogen and oxygen atoms in total. The second-order valence-electron chi connectivity index (χ2n) is 6.33. The van der Waals surface area contributed by atoms with Gasteiger partial charge >= 0.3 is 5.97 Å². The molecule has 2 rings (SSSR count). The average Bonchev–Trinajstić information content (AvgIpc) is 2.83. The minimum Gasteiger partial charge on any atom is -0.467 e. The van der Waals surface area contributed by atoms with E-state index in [1.54, 1.807) is 0 Å². The normalized spacial score (nSPS) is 28.1. The lowest BCUT2D eigenvalue weighted by Gasteiger charge is -2.33. The molecule has 0 aromatic rings. The van der Waals surface area contributed by atoms with Crippen molar-refractivity contribution >= 4 is 12.3 Å². The molecule has 19 heavy (non-hydrogen) atoms. The SMILES string of the molecule is COC(=O)C1(CC(C)C)CN(C2CCCCC2)C=N1. The molecular weight excluding hydrogens is 240 g/mol. The van der Waals surface area contributed by atoms with E-state index in [4.69, 9.17) is 4.74 Å². The molecule has 0 N–H and O–H groups in total. The fourth-order valence-electron chi connectivity index (χ4n) is 3.39. The summed E-state index contributed by atoms with van der Waals surface area (Å²) in [6.45, 7) is 4.95. The summed E-state index contributed by atoms with van der Waals surface area (Å²) < 4.78 is 4.99. The lowest BCUT2D eigenvalue weighted by Crippen LogP contribution is -2.46. The van der Waals surface area contributed by atoms with Crippen LogP contribution < -0.4 is 0 Å². The Morgan fingerprint density at radius 1 is 1.42 bits per heavy atom. The topological polar surface area (TPSA) is 41.9 Å². The maximum atomic E-state index is 12.1. The number of nitrogens with zero attached hydrogens (tertiary/aromatic N) is 2. The van der Waals surface area contributed by atoms with E-state index < -0.39 is 5.54 Å². The van der Waals surface area contributed by atoms with E-state index in [0.29, 0.717) is 18.5 Å². The molecular formula is C15H26N2O2. The van der Waals surface area contributed by atoms with Crippen molar-refractivity contribution in [3.63, 3.8) is 0 Å². The number of ether oxygens (including phenoxy) is 1. The van der Waals surface area contributed by atoms with Crippen LogP contribution in [-0.2, 0) is 9.53 Å². The fraction of sp³-hybridized carbons (Fsp3) is 0.867. The van der Waals surface area contributed by atoms with Gasteiger partial charge in [0.15, 0.2) is 5.54 Å². The molecule has 0 saturated heterocycles. The van der Waals surface area contributed by atoms with Crippen LogP contribution in [0.1, 0.15) is 52.4 Å². The second kappa shape index (κ2) is 5.93. The van der Waals surface area contributed by atoms with Crippen molar-refractivity contribution in [3.05, 3.63) is 0 Å². The molecule has 1 heterocycles. The number of methoxy groups -OCH3 is 1. The van der Waals surface area contributed by atoms with Crippen LogP contribution in [0.4, 0.5) is 0 Å². The Balaban J connectivity index is 2.07. The van der Waals surface area contributed by atoms with Gasteiger partial charge in [0.1, 0.15) is 0 Å². The number of aliphatic imine (C=N–C) groups is 1. The van der Waals surface area contributed by atoms with Crippen LogP contribution in [0, 0.1) is 5.92 Å². The van der Waals surface area contributed by atoms with Gasteiger partial charge in [-0.3, -0.25) is 4.99 Å². The first-order valence-corrected chi connectivity index (χ1v) is 7.47. The lowest BCUT2D eigenvalue weighted by molar-refractivity contribution is -0.147. The number of carbonyl (C=O) groups excluding carboxylic acids is 1. The molecule has 0 aromatic carbocycles. The van der Waals surface area contributed by atoms with E-state index in [2.05, 4.69) is 23.7 Å². The molecule has 2 aliphatic rings. The van der Waals surface area contributed by atoms with Gasteiger partial charge in [0.25, 0.3) is 0 Å². The number of esters is 1. The van der Waals surface area contributed by atoms with Crippen molar-refractivity contribution in [3.8, 4) is 0 Å². The molecule has 1 saturated carbocycles. The van der Waals surface area contributed by atoms with Crippen LogP contribution in [0.3, 0.4) is 0 Å². The van der Waals surface area contributed by atoms with Crippen molar-refractivity contribution in [1.82, 2.24) is 4.90 Å². The Morgan fingerprint density at radius 2 is 2.11 bits per heavy atom. The molecule has 1 aliphatic carbocycles. The monoisotopic (exact) mass is 266 g/mol. The predicted molar refractivity (Wildman–Crippen MR) is 76.3 cm³/mol. The largest absolute Gasteiger partial charge is 0.467 e. The zero-order valence-corrected chi connectivity index (χ0v) is 12.4. The van der Waals surface area contributed by atoms with Crippen molar-refractivity contribution < 1.29 is 9.53 Å². The number of carbonyl (C=O) groups is 1. The molecule has 0 amide bonds. The van der Waals surface area contributed by atoms with Gasteiger partial charge in [-0.05, 0) is 25.2 Å². The smallest absolute Gasteiger partial charge is 0.335 e. The maximum absolute atomic E-state index is 12.1. The first-order valence-electron chi connectivity index (χ1n) is 7.47.